The lowest BCUT2D eigenvalue weighted by Gasteiger charge is -2.20. The lowest BCUT2D eigenvalue weighted by molar-refractivity contribution is 0.0955. The van der Waals surface area contributed by atoms with Crippen molar-refractivity contribution in [2.75, 3.05) is 13.1 Å². The van der Waals surface area contributed by atoms with Crippen molar-refractivity contribution in [3.63, 3.8) is 0 Å². The van der Waals surface area contributed by atoms with Gasteiger partial charge >= 0.3 is 0 Å². The van der Waals surface area contributed by atoms with Crippen molar-refractivity contribution in [3.05, 3.63) is 11.1 Å². The topological polar surface area (TPSA) is 49.2 Å². The minimum absolute atomic E-state index is 0.0120. The summed E-state index contributed by atoms with van der Waals surface area (Å²) >= 11 is 1.43. The van der Waals surface area contributed by atoms with Crippen LogP contribution in [-0.4, -0.2) is 38.8 Å². The molecule has 2 rings (SSSR count). The van der Waals surface area contributed by atoms with Crippen LogP contribution in [-0.2, 0) is 6.54 Å². The van der Waals surface area contributed by atoms with Crippen LogP contribution >= 0.6 is 11.5 Å². The van der Waals surface area contributed by atoms with Gasteiger partial charge in [-0.25, -0.2) is 0 Å². The molecule has 1 saturated heterocycles. The van der Waals surface area contributed by atoms with Gasteiger partial charge in [-0.05, 0) is 11.5 Å². The van der Waals surface area contributed by atoms with Crippen molar-refractivity contribution < 1.29 is 5.11 Å². The molecule has 0 saturated carbocycles. The highest BCUT2D eigenvalue weighted by molar-refractivity contribution is 7.05. The molecule has 1 aliphatic heterocycles. The van der Waals surface area contributed by atoms with E-state index >= 15 is 0 Å². The number of β-amino-alcohol motifs (C(OH)–C–C–N with tert-alkyl or cyclic N) is 1. The third kappa shape index (κ3) is 1.94. The molecule has 1 unspecified atom stereocenters. The van der Waals surface area contributed by atoms with Gasteiger partial charge in [-0.2, -0.15) is 0 Å². The Labute approximate surface area is 87.7 Å². The van der Waals surface area contributed by atoms with Crippen LogP contribution < -0.4 is 0 Å². The Kier molecular flexibility index (Phi) is 2.55. The maximum Gasteiger partial charge on any atom is 0.0730 e. The summed E-state index contributed by atoms with van der Waals surface area (Å²) in [5.41, 5.74) is 0.0120. The van der Waals surface area contributed by atoms with E-state index in [-0.39, 0.29) is 11.5 Å². The molecule has 1 N–H and O–H groups in total. The van der Waals surface area contributed by atoms with E-state index in [1.54, 1.807) is 6.20 Å². The molecule has 1 aliphatic rings. The Balaban J connectivity index is 1.96. The van der Waals surface area contributed by atoms with E-state index in [1.165, 1.54) is 11.5 Å². The highest BCUT2D eigenvalue weighted by Gasteiger charge is 2.37. The molecule has 0 radical (unpaired) electrons. The first-order chi connectivity index (χ1) is 6.58. The molecule has 2 heterocycles. The Morgan fingerprint density at radius 3 is 3.00 bits per heavy atom. The van der Waals surface area contributed by atoms with Crippen LogP contribution in [0.3, 0.4) is 0 Å². The fourth-order valence-corrected chi connectivity index (χ4v) is 2.37. The molecule has 1 aromatic heterocycles. The zero-order valence-electron chi connectivity index (χ0n) is 8.47. The first-order valence-electron chi connectivity index (χ1n) is 4.74. The smallest absolute Gasteiger partial charge is 0.0730 e. The minimum Gasteiger partial charge on any atom is -0.391 e. The van der Waals surface area contributed by atoms with Crippen LogP contribution in [0, 0.1) is 5.41 Å². The fraction of sp³-hybridized carbons (Fsp3) is 0.778. The third-order valence-electron chi connectivity index (χ3n) is 2.75. The van der Waals surface area contributed by atoms with Crippen LogP contribution in [0.4, 0.5) is 0 Å². The Bertz CT molecular complexity index is 299. The standard InChI is InChI=1S/C9H15N3OS/c1-9(2)6-12(5-8(9)13)4-7-3-10-11-14-7/h3,8,13H,4-6H2,1-2H3. The Morgan fingerprint density at radius 1 is 1.71 bits per heavy atom. The van der Waals surface area contributed by atoms with Crippen molar-refractivity contribution in [3.8, 4) is 0 Å². The average Bonchev–Trinajstić information content (AvgIpc) is 2.62. The van der Waals surface area contributed by atoms with Gasteiger partial charge in [0.25, 0.3) is 0 Å². The summed E-state index contributed by atoms with van der Waals surface area (Å²) in [6.45, 7) is 6.75. The molecule has 1 atom stereocenters. The molecule has 0 amide bonds. The number of hydrogen-bond acceptors (Lipinski definition) is 5. The Hall–Kier alpha value is -0.520. The molecule has 78 valence electrons. The zero-order valence-corrected chi connectivity index (χ0v) is 9.29. The van der Waals surface area contributed by atoms with Gasteiger partial charge in [-0.1, -0.05) is 18.3 Å². The number of likely N-dealkylation sites (tertiary alicyclic amines) is 1. The molecule has 0 bridgehead atoms. The highest BCUT2D eigenvalue weighted by atomic mass is 32.1. The number of aliphatic hydroxyl groups excluding tert-OH is 1. The number of rotatable bonds is 2. The molecule has 0 aromatic carbocycles. The van der Waals surface area contributed by atoms with Crippen molar-refractivity contribution in [2.45, 2.75) is 26.5 Å². The molecular formula is C9H15N3OS. The van der Waals surface area contributed by atoms with Gasteiger partial charge in [0.2, 0.25) is 0 Å². The maximum atomic E-state index is 9.79. The second-order valence-electron chi connectivity index (χ2n) is 4.56. The second kappa shape index (κ2) is 3.56. The molecule has 4 nitrogen and oxygen atoms in total. The van der Waals surface area contributed by atoms with Crippen LogP contribution in [0.2, 0.25) is 0 Å². The molecular weight excluding hydrogens is 198 g/mol. The van der Waals surface area contributed by atoms with E-state index in [4.69, 9.17) is 0 Å². The van der Waals surface area contributed by atoms with Gasteiger partial charge in [0.05, 0.1) is 17.2 Å². The number of aliphatic hydroxyl groups is 1. The van der Waals surface area contributed by atoms with E-state index in [2.05, 4.69) is 28.3 Å². The van der Waals surface area contributed by atoms with Gasteiger partial charge in [0.15, 0.2) is 0 Å². The molecule has 0 spiro atoms. The summed E-state index contributed by atoms with van der Waals surface area (Å²) in [5.74, 6) is 0. The van der Waals surface area contributed by atoms with Crippen molar-refractivity contribution in [1.29, 1.82) is 0 Å². The lowest BCUT2D eigenvalue weighted by atomic mass is 9.90. The van der Waals surface area contributed by atoms with Crippen molar-refractivity contribution >= 4 is 11.5 Å². The molecule has 1 aromatic rings. The number of nitrogens with zero attached hydrogens (tertiary/aromatic N) is 3. The lowest BCUT2D eigenvalue weighted by Crippen LogP contribution is -2.26. The summed E-state index contributed by atoms with van der Waals surface area (Å²) in [7, 11) is 0. The van der Waals surface area contributed by atoms with Crippen LogP contribution in [0.15, 0.2) is 6.20 Å². The van der Waals surface area contributed by atoms with Crippen LogP contribution in [0.1, 0.15) is 18.7 Å². The van der Waals surface area contributed by atoms with Gasteiger partial charge in [-0.3, -0.25) is 4.90 Å². The van der Waals surface area contributed by atoms with E-state index in [0.29, 0.717) is 0 Å². The normalized spacial score (nSPS) is 26.9. The summed E-state index contributed by atoms with van der Waals surface area (Å²) in [5, 5.41) is 13.6. The van der Waals surface area contributed by atoms with Crippen molar-refractivity contribution in [1.82, 2.24) is 14.5 Å². The summed E-state index contributed by atoms with van der Waals surface area (Å²) in [6.07, 6.45) is 1.57. The fourth-order valence-electron chi connectivity index (χ4n) is 1.84. The van der Waals surface area contributed by atoms with Gasteiger partial charge in [0.1, 0.15) is 0 Å². The molecule has 14 heavy (non-hydrogen) atoms. The average molecular weight is 213 g/mol. The second-order valence-corrected chi connectivity index (χ2v) is 5.43. The summed E-state index contributed by atoms with van der Waals surface area (Å²) < 4.78 is 3.82. The van der Waals surface area contributed by atoms with E-state index < -0.39 is 0 Å². The molecule has 5 heteroatoms. The van der Waals surface area contributed by atoms with Gasteiger partial charge < -0.3 is 5.11 Å². The van der Waals surface area contributed by atoms with Crippen LogP contribution in [0.5, 0.6) is 0 Å². The monoisotopic (exact) mass is 213 g/mol. The Morgan fingerprint density at radius 2 is 2.50 bits per heavy atom. The SMILES string of the molecule is CC1(C)CN(Cc2cnns2)CC1O. The van der Waals surface area contributed by atoms with E-state index in [1.807, 2.05) is 0 Å². The molecule has 1 fully saturated rings. The first-order valence-corrected chi connectivity index (χ1v) is 5.52. The summed E-state index contributed by atoms with van der Waals surface area (Å²) in [6, 6.07) is 0. The van der Waals surface area contributed by atoms with E-state index in [9.17, 15) is 5.11 Å². The zero-order chi connectivity index (χ0) is 10.2. The van der Waals surface area contributed by atoms with Crippen molar-refractivity contribution in [2.24, 2.45) is 5.41 Å². The third-order valence-corrected chi connectivity index (χ3v) is 3.40. The predicted molar refractivity (Wildman–Crippen MR) is 55.0 cm³/mol. The largest absolute Gasteiger partial charge is 0.391 e. The highest BCUT2D eigenvalue weighted by Crippen LogP contribution is 2.30. The molecule has 0 aliphatic carbocycles. The van der Waals surface area contributed by atoms with E-state index in [0.717, 1.165) is 24.5 Å². The number of hydrogen-bond donors (Lipinski definition) is 1. The summed E-state index contributed by atoms with van der Waals surface area (Å²) in [4.78, 5) is 3.41. The van der Waals surface area contributed by atoms with Crippen LogP contribution in [0.25, 0.3) is 0 Å². The van der Waals surface area contributed by atoms with Gasteiger partial charge in [-0.15, -0.1) is 5.10 Å². The predicted octanol–water partition coefficient (Wildman–Crippen LogP) is 0.741. The quantitative estimate of drug-likeness (QED) is 0.787. The minimum atomic E-state index is -0.219. The van der Waals surface area contributed by atoms with Gasteiger partial charge in [0, 0.05) is 25.0 Å². The number of aromatic nitrogens is 2. The first kappa shape index (κ1) is 10.0. The maximum absolute atomic E-state index is 9.79.